The summed E-state index contributed by atoms with van der Waals surface area (Å²) in [5, 5.41) is 11.1. The average molecular weight is 469 g/mol. The van der Waals surface area contributed by atoms with E-state index in [2.05, 4.69) is 4.90 Å². The molecular weight excluding hydrogens is 432 g/mol. The summed E-state index contributed by atoms with van der Waals surface area (Å²) in [4.78, 5) is 16.4. The van der Waals surface area contributed by atoms with Gasteiger partial charge in [0.15, 0.2) is 6.61 Å². The smallest absolute Gasteiger partial charge is 0.260 e. The largest absolute Gasteiger partial charge is 0.491 e. The van der Waals surface area contributed by atoms with E-state index in [1.807, 2.05) is 55.5 Å². The molecule has 1 atom stereocenters. The van der Waals surface area contributed by atoms with Gasteiger partial charge in [-0.1, -0.05) is 29.8 Å². The predicted molar refractivity (Wildman–Crippen MR) is 130 cm³/mol. The lowest BCUT2D eigenvalue weighted by Crippen LogP contribution is -2.42. The molecule has 0 aliphatic carbocycles. The van der Waals surface area contributed by atoms with Crippen LogP contribution in [0, 0.1) is 6.92 Å². The molecule has 0 unspecified atom stereocenters. The molecule has 2 aliphatic heterocycles. The second-order valence-electron chi connectivity index (χ2n) is 9.38. The van der Waals surface area contributed by atoms with E-state index in [0.717, 1.165) is 38.2 Å². The molecule has 2 fully saturated rings. The molecular formula is C27H36N2O5. The van der Waals surface area contributed by atoms with Crippen molar-refractivity contribution in [3.8, 4) is 11.5 Å². The van der Waals surface area contributed by atoms with E-state index in [-0.39, 0.29) is 12.5 Å². The first kappa shape index (κ1) is 24.5. The topological polar surface area (TPSA) is 71.5 Å². The Morgan fingerprint density at radius 3 is 2.35 bits per heavy atom. The Bertz CT molecular complexity index is 912. The van der Waals surface area contributed by atoms with Crippen molar-refractivity contribution >= 4 is 5.91 Å². The zero-order chi connectivity index (χ0) is 23.8. The number of hydrogen-bond acceptors (Lipinski definition) is 6. The van der Waals surface area contributed by atoms with Gasteiger partial charge in [-0.2, -0.15) is 0 Å². The number of likely N-dealkylation sites (tertiary alicyclic amines) is 1. The standard InChI is InChI=1S/C27H36N2O5/c1-22-3-7-25(8-4-22)34-21-27(31)11-2-13-28(14-12-27)19-23-5-9-24(10-6-23)33-20-26(30)29-15-17-32-18-16-29/h3-10,31H,2,11-21H2,1H3/t27-/m0/s1. The van der Waals surface area contributed by atoms with Gasteiger partial charge in [-0.05, 0) is 62.6 Å². The third kappa shape index (κ3) is 7.19. The zero-order valence-corrected chi connectivity index (χ0v) is 20.1. The molecule has 0 radical (unpaired) electrons. The Balaban J connectivity index is 1.21. The van der Waals surface area contributed by atoms with Crippen LogP contribution in [0.1, 0.15) is 30.4 Å². The minimum atomic E-state index is -0.801. The van der Waals surface area contributed by atoms with E-state index >= 15 is 0 Å². The molecule has 2 heterocycles. The van der Waals surface area contributed by atoms with Crippen molar-refractivity contribution in [1.29, 1.82) is 0 Å². The molecule has 0 aromatic heterocycles. The van der Waals surface area contributed by atoms with Crippen LogP contribution in [0.5, 0.6) is 11.5 Å². The van der Waals surface area contributed by atoms with Crippen molar-refractivity contribution in [2.75, 3.05) is 52.6 Å². The number of ether oxygens (including phenoxy) is 3. The van der Waals surface area contributed by atoms with Crippen LogP contribution in [0.4, 0.5) is 0 Å². The van der Waals surface area contributed by atoms with Crippen LogP contribution in [0.3, 0.4) is 0 Å². The highest BCUT2D eigenvalue weighted by Crippen LogP contribution is 2.25. The molecule has 1 N–H and O–H groups in total. The molecule has 0 saturated carbocycles. The third-order valence-electron chi connectivity index (χ3n) is 6.59. The Kier molecular flexibility index (Phi) is 8.43. The number of aryl methyl sites for hydroxylation is 1. The van der Waals surface area contributed by atoms with E-state index in [0.29, 0.717) is 45.1 Å². The fraction of sp³-hybridized carbons (Fsp3) is 0.519. The molecule has 2 aromatic rings. The maximum Gasteiger partial charge on any atom is 0.260 e. The number of aliphatic hydroxyl groups is 1. The summed E-state index contributed by atoms with van der Waals surface area (Å²) in [6.45, 7) is 7.44. The summed E-state index contributed by atoms with van der Waals surface area (Å²) in [6, 6.07) is 15.9. The lowest BCUT2D eigenvalue weighted by molar-refractivity contribution is -0.137. The highest BCUT2D eigenvalue weighted by Gasteiger charge is 2.31. The Morgan fingerprint density at radius 1 is 0.941 bits per heavy atom. The fourth-order valence-corrected chi connectivity index (χ4v) is 4.39. The number of benzene rings is 2. The first-order valence-electron chi connectivity index (χ1n) is 12.2. The van der Waals surface area contributed by atoms with E-state index in [4.69, 9.17) is 14.2 Å². The molecule has 7 heteroatoms. The Hall–Kier alpha value is -2.61. The lowest BCUT2D eigenvalue weighted by atomic mass is 9.96. The molecule has 2 aliphatic rings. The first-order valence-corrected chi connectivity index (χ1v) is 12.2. The van der Waals surface area contributed by atoms with Gasteiger partial charge in [-0.25, -0.2) is 0 Å². The van der Waals surface area contributed by atoms with Gasteiger partial charge in [0.05, 0.1) is 18.8 Å². The maximum absolute atomic E-state index is 12.2. The maximum atomic E-state index is 12.2. The van der Waals surface area contributed by atoms with Crippen LogP contribution in [-0.2, 0) is 16.1 Å². The van der Waals surface area contributed by atoms with Gasteiger partial charge in [0.25, 0.3) is 5.91 Å². The number of hydrogen-bond donors (Lipinski definition) is 1. The van der Waals surface area contributed by atoms with E-state index in [1.54, 1.807) is 4.90 Å². The van der Waals surface area contributed by atoms with Crippen LogP contribution in [0.15, 0.2) is 48.5 Å². The van der Waals surface area contributed by atoms with Gasteiger partial charge < -0.3 is 24.2 Å². The molecule has 184 valence electrons. The van der Waals surface area contributed by atoms with E-state index in [9.17, 15) is 9.90 Å². The van der Waals surface area contributed by atoms with Crippen LogP contribution in [0.25, 0.3) is 0 Å². The van der Waals surface area contributed by atoms with Crippen molar-refractivity contribution in [3.05, 3.63) is 59.7 Å². The molecule has 0 bridgehead atoms. The lowest BCUT2D eigenvalue weighted by Gasteiger charge is -2.27. The normalized spacial score (nSPS) is 21.6. The van der Waals surface area contributed by atoms with Crippen molar-refractivity contribution in [1.82, 2.24) is 9.80 Å². The van der Waals surface area contributed by atoms with Crippen LogP contribution in [0.2, 0.25) is 0 Å². The second-order valence-corrected chi connectivity index (χ2v) is 9.38. The van der Waals surface area contributed by atoms with Crippen molar-refractivity contribution in [2.45, 2.75) is 38.3 Å². The number of morpholine rings is 1. The summed E-state index contributed by atoms with van der Waals surface area (Å²) in [5.74, 6) is 1.49. The molecule has 34 heavy (non-hydrogen) atoms. The summed E-state index contributed by atoms with van der Waals surface area (Å²) >= 11 is 0. The molecule has 1 amide bonds. The summed E-state index contributed by atoms with van der Waals surface area (Å²) in [6.07, 6.45) is 2.35. The Labute approximate surface area is 202 Å². The number of carbonyl (C=O) groups excluding carboxylic acids is 1. The highest BCUT2D eigenvalue weighted by atomic mass is 16.5. The molecule has 2 saturated heterocycles. The predicted octanol–water partition coefficient (Wildman–Crippen LogP) is 3.03. The molecule has 0 spiro atoms. The third-order valence-corrected chi connectivity index (χ3v) is 6.59. The Morgan fingerprint density at radius 2 is 1.62 bits per heavy atom. The van der Waals surface area contributed by atoms with Gasteiger partial charge in [0, 0.05) is 26.2 Å². The summed E-state index contributed by atoms with van der Waals surface area (Å²) < 4.78 is 16.9. The van der Waals surface area contributed by atoms with Gasteiger partial charge in [-0.3, -0.25) is 9.69 Å². The van der Waals surface area contributed by atoms with E-state index < -0.39 is 5.60 Å². The molecule has 7 nitrogen and oxygen atoms in total. The van der Waals surface area contributed by atoms with Gasteiger partial charge in [0.1, 0.15) is 18.1 Å². The van der Waals surface area contributed by atoms with Crippen molar-refractivity contribution in [2.24, 2.45) is 0 Å². The van der Waals surface area contributed by atoms with Gasteiger partial charge in [0.2, 0.25) is 0 Å². The number of nitrogens with zero attached hydrogens (tertiary/aromatic N) is 2. The minimum absolute atomic E-state index is 0.00390. The van der Waals surface area contributed by atoms with Gasteiger partial charge in [-0.15, -0.1) is 0 Å². The van der Waals surface area contributed by atoms with Crippen molar-refractivity contribution < 1.29 is 24.1 Å². The van der Waals surface area contributed by atoms with Crippen molar-refractivity contribution in [3.63, 3.8) is 0 Å². The van der Waals surface area contributed by atoms with E-state index in [1.165, 1.54) is 11.1 Å². The van der Waals surface area contributed by atoms with Crippen LogP contribution < -0.4 is 9.47 Å². The summed E-state index contributed by atoms with van der Waals surface area (Å²) in [7, 11) is 0. The second kappa shape index (κ2) is 11.7. The number of carbonyl (C=O) groups is 1. The zero-order valence-electron chi connectivity index (χ0n) is 20.1. The van der Waals surface area contributed by atoms with Crippen LogP contribution in [-0.4, -0.2) is 79.0 Å². The monoisotopic (exact) mass is 468 g/mol. The SMILES string of the molecule is Cc1ccc(OC[C@]2(O)CCCN(Cc3ccc(OCC(=O)N4CCOCC4)cc3)CC2)cc1. The minimum Gasteiger partial charge on any atom is -0.491 e. The summed E-state index contributed by atoms with van der Waals surface area (Å²) in [5.41, 5.74) is 1.58. The number of amides is 1. The fourth-order valence-electron chi connectivity index (χ4n) is 4.39. The van der Waals surface area contributed by atoms with Gasteiger partial charge >= 0.3 is 0 Å². The van der Waals surface area contributed by atoms with Crippen LogP contribution >= 0.6 is 0 Å². The highest BCUT2D eigenvalue weighted by molar-refractivity contribution is 5.77. The average Bonchev–Trinajstić information content (AvgIpc) is 3.05. The molecule has 4 rings (SSSR count). The quantitative estimate of drug-likeness (QED) is 0.642. The molecule has 2 aromatic carbocycles. The number of rotatable bonds is 8. The first-order chi connectivity index (χ1) is 16.5.